The van der Waals surface area contributed by atoms with Gasteiger partial charge in [0.05, 0.1) is 17.1 Å². The Kier molecular flexibility index (Phi) is 4.34. The third-order valence-corrected chi connectivity index (χ3v) is 3.87. The molecular weight excluding hydrogens is 324 g/mol. The van der Waals surface area contributed by atoms with E-state index in [0.717, 1.165) is 0 Å². The lowest BCUT2D eigenvalue weighted by molar-refractivity contribution is -0.138. The molecule has 2 aromatic heterocycles. The lowest BCUT2D eigenvalue weighted by Gasteiger charge is -2.28. The molecule has 1 atom stereocenters. The van der Waals surface area contributed by atoms with Gasteiger partial charge in [0.25, 0.3) is 5.56 Å². The molecule has 0 bridgehead atoms. The maximum atomic E-state index is 12.6. The van der Waals surface area contributed by atoms with Crippen LogP contribution in [-0.4, -0.2) is 27.5 Å². The molecule has 8 nitrogen and oxygen atoms in total. The second-order valence-corrected chi connectivity index (χ2v) is 5.46. The minimum Gasteiger partial charge on any atom is -0.458 e. The number of carbonyl (C=O) groups excluding carboxylic acids is 1. The van der Waals surface area contributed by atoms with Crippen molar-refractivity contribution in [1.82, 2.24) is 15.0 Å². The number of nitrogens with zero attached hydrogens (tertiary/aromatic N) is 1. The van der Waals surface area contributed by atoms with Crippen LogP contribution in [0, 0.1) is 0 Å². The zero-order valence-corrected chi connectivity index (χ0v) is 13.5. The molecule has 0 saturated heterocycles. The van der Waals surface area contributed by atoms with Gasteiger partial charge in [0.15, 0.2) is 0 Å². The maximum absolute atomic E-state index is 12.6. The van der Waals surface area contributed by atoms with Crippen molar-refractivity contribution < 1.29 is 9.53 Å². The minimum absolute atomic E-state index is 0.0491. The topological polar surface area (TPSA) is 117 Å². The summed E-state index contributed by atoms with van der Waals surface area (Å²) in [5.74, 6) is -1.01. The van der Waals surface area contributed by atoms with Crippen LogP contribution in [0.1, 0.15) is 24.0 Å². The van der Waals surface area contributed by atoms with Gasteiger partial charge in [0.1, 0.15) is 12.4 Å². The summed E-state index contributed by atoms with van der Waals surface area (Å²) in [5.41, 5.74) is 0.495. The summed E-state index contributed by atoms with van der Waals surface area (Å²) in [6, 6.07) is 3.41. The molecule has 0 amide bonds. The Balaban J connectivity index is 2.23. The number of ether oxygens (including phenoxy) is 1. The molecule has 25 heavy (non-hydrogen) atoms. The number of H-pyrrole nitrogens is 2. The number of rotatable bonds is 4. The molecule has 3 heterocycles. The number of hydrogen-bond donors (Lipinski definition) is 3. The van der Waals surface area contributed by atoms with Crippen molar-refractivity contribution >= 4 is 11.8 Å². The molecule has 0 fully saturated rings. The fraction of sp³-hybridized carbons (Fsp3) is 0.176. The highest BCUT2D eigenvalue weighted by Crippen LogP contribution is 2.38. The molecule has 1 aliphatic rings. The summed E-state index contributed by atoms with van der Waals surface area (Å²) in [7, 11) is 0. The number of esters is 1. The Bertz CT molecular complexity index is 972. The fourth-order valence-electron chi connectivity index (χ4n) is 2.86. The summed E-state index contributed by atoms with van der Waals surface area (Å²) >= 11 is 0. The van der Waals surface area contributed by atoms with Crippen molar-refractivity contribution in [3.63, 3.8) is 0 Å². The van der Waals surface area contributed by atoms with Crippen molar-refractivity contribution in [2.24, 2.45) is 0 Å². The predicted molar refractivity (Wildman–Crippen MR) is 91.2 cm³/mol. The quantitative estimate of drug-likeness (QED) is 0.565. The number of fused-ring (bicyclic) bond motifs is 1. The van der Waals surface area contributed by atoms with Gasteiger partial charge >= 0.3 is 11.7 Å². The molecule has 0 radical (unpaired) electrons. The van der Waals surface area contributed by atoms with Crippen LogP contribution in [0.25, 0.3) is 0 Å². The van der Waals surface area contributed by atoms with E-state index in [4.69, 9.17) is 4.74 Å². The van der Waals surface area contributed by atoms with E-state index in [2.05, 4.69) is 26.8 Å². The van der Waals surface area contributed by atoms with Gasteiger partial charge in [-0.2, -0.15) is 0 Å². The van der Waals surface area contributed by atoms with Crippen molar-refractivity contribution in [2.45, 2.75) is 12.8 Å². The smallest absolute Gasteiger partial charge is 0.337 e. The zero-order chi connectivity index (χ0) is 18.0. The summed E-state index contributed by atoms with van der Waals surface area (Å²) in [5, 5.41) is 2.91. The van der Waals surface area contributed by atoms with E-state index in [0.29, 0.717) is 11.3 Å². The summed E-state index contributed by atoms with van der Waals surface area (Å²) in [6.07, 6.45) is 4.60. The van der Waals surface area contributed by atoms with Crippen LogP contribution in [0.3, 0.4) is 0 Å². The highest BCUT2D eigenvalue weighted by atomic mass is 16.5. The van der Waals surface area contributed by atoms with Crippen LogP contribution in [0.15, 0.2) is 58.0 Å². The first-order valence-electron chi connectivity index (χ1n) is 7.55. The molecule has 0 aromatic carbocycles. The molecule has 0 unspecified atom stereocenters. The van der Waals surface area contributed by atoms with Crippen LogP contribution >= 0.6 is 0 Å². The Morgan fingerprint density at radius 1 is 1.32 bits per heavy atom. The highest BCUT2D eigenvalue weighted by Gasteiger charge is 2.35. The maximum Gasteiger partial charge on any atom is 0.337 e. The van der Waals surface area contributed by atoms with Crippen molar-refractivity contribution in [1.29, 1.82) is 0 Å². The van der Waals surface area contributed by atoms with Gasteiger partial charge in [-0.05, 0) is 24.6 Å². The van der Waals surface area contributed by atoms with E-state index in [1.54, 1.807) is 31.5 Å². The largest absolute Gasteiger partial charge is 0.458 e. The van der Waals surface area contributed by atoms with Crippen LogP contribution in [0.2, 0.25) is 0 Å². The van der Waals surface area contributed by atoms with Crippen molar-refractivity contribution in [3.05, 3.63) is 80.4 Å². The molecule has 3 rings (SSSR count). The SMILES string of the molecule is C=CCOC(=O)C1=C(C)Nc2[nH]c(=O)[nH]c(=O)c2[C@H]1c1ccncc1. The number of pyridine rings is 1. The molecule has 1 aliphatic heterocycles. The first kappa shape index (κ1) is 16.4. The van der Waals surface area contributed by atoms with Crippen molar-refractivity contribution in [2.75, 3.05) is 11.9 Å². The Labute approximate surface area is 142 Å². The lowest BCUT2D eigenvalue weighted by Crippen LogP contribution is -2.35. The Hall–Kier alpha value is -3.42. The highest BCUT2D eigenvalue weighted by molar-refractivity contribution is 5.94. The molecule has 128 valence electrons. The van der Waals surface area contributed by atoms with Gasteiger partial charge in [-0.25, -0.2) is 9.59 Å². The standard InChI is InChI=1S/C17H16N4O4/c1-3-8-25-16(23)11-9(2)19-14-13(15(22)21-17(24)20-14)12(11)10-4-6-18-7-5-10/h3-7,12H,1,8H2,2H3,(H3,19,20,21,22,24)/t12-/m0/s1. The average Bonchev–Trinajstić information content (AvgIpc) is 2.59. The van der Waals surface area contributed by atoms with Gasteiger partial charge in [0.2, 0.25) is 0 Å². The van der Waals surface area contributed by atoms with Gasteiger partial charge in [-0.3, -0.25) is 19.7 Å². The number of anilines is 1. The molecule has 0 aliphatic carbocycles. The summed E-state index contributed by atoms with van der Waals surface area (Å²) in [4.78, 5) is 45.3. The van der Waals surface area contributed by atoms with E-state index in [-0.39, 0.29) is 23.6 Å². The molecule has 2 aromatic rings. The third kappa shape index (κ3) is 3.01. The van der Waals surface area contributed by atoms with Crippen molar-refractivity contribution in [3.8, 4) is 0 Å². The Morgan fingerprint density at radius 3 is 2.72 bits per heavy atom. The molecule has 8 heteroatoms. The molecular formula is C17H16N4O4. The zero-order valence-electron chi connectivity index (χ0n) is 13.5. The number of hydrogen-bond acceptors (Lipinski definition) is 6. The number of aromatic nitrogens is 3. The summed E-state index contributed by atoms with van der Waals surface area (Å²) in [6.45, 7) is 5.25. The van der Waals surface area contributed by atoms with Crippen LogP contribution < -0.4 is 16.6 Å². The van der Waals surface area contributed by atoms with Gasteiger partial charge < -0.3 is 10.1 Å². The number of allylic oxidation sites excluding steroid dienone is 1. The molecule has 3 N–H and O–H groups in total. The van der Waals surface area contributed by atoms with Crippen LogP contribution in [-0.2, 0) is 9.53 Å². The lowest BCUT2D eigenvalue weighted by atomic mass is 9.83. The van der Waals surface area contributed by atoms with Crippen LogP contribution in [0.4, 0.5) is 5.82 Å². The first-order chi connectivity index (χ1) is 12.0. The molecule has 0 saturated carbocycles. The molecule has 0 spiro atoms. The number of nitrogens with one attached hydrogen (secondary N) is 3. The summed E-state index contributed by atoms with van der Waals surface area (Å²) < 4.78 is 5.18. The van der Waals surface area contributed by atoms with Crippen LogP contribution in [0.5, 0.6) is 0 Å². The van der Waals surface area contributed by atoms with E-state index in [1.807, 2.05) is 0 Å². The first-order valence-corrected chi connectivity index (χ1v) is 7.55. The van der Waals surface area contributed by atoms with E-state index in [1.165, 1.54) is 6.08 Å². The second kappa shape index (κ2) is 6.60. The minimum atomic E-state index is -0.697. The second-order valence-electron chi connectivity index (χ2n) is 5.46. The monoisotopic (exact) mass is 340 g/mol. The van der Waals surface area contributed by atoms with Gasteiger partial charge in [-0.1, -0.05) is 12.7 Å². The predicted octanol–water partition coefficient (Wildman–Crippen LogP) is 1.02. The van der Waals surface area contributed by atoms with Gasteiger partial charge in [0, 0.05) is 18.1 Å². The fourth-order valence-corrected chi connectivity index (χ4v) is 2.86. The number of aromatic amines is 2. The van der Waals surface area contributed by atoms with E-state index < -0.39 is 23.1 Å². The van der Waals surface area contributed by atoms with Gasteiger partial charge in [-0.15, -0.1) is 0 Å². The van der Waals surface area contributed by atoms with E-state index in [9.17, 15) is 14.4 Å². The average molecular weight is 340 g/mol. The normalized spacial score (nSPS) is 16.0. The third-order valence-electron chi connectivity index (χ3n) is 3.87. The van der Waals surface area contributed by atoms with E-state index >= 15 is 0 Å². The number of carbonyl (C=O) groups is 1. The Morgan fingerprint density at radius 2 is 2.04 bits per heavy atom.